The number of carbonyl (C=O) groups excluding carboxylic acids is 1. The normalized spacial score (nSPS) is 14.8. The quantitative estimate of drug-likeness (QED) is 0.0378. The van der Waals surface area contributed by atoms with E-state index in [-0.39, 0.29) is 6.42 Å². The van der Waals surface area contributed by atoms with Crippen molar-refractivity contribution in [3.8, 4) is 0 Å². The number of hydrogen-bond acceptors (Lipinski definition) is 5. The fraction of sp³-hybridized carbons (Fsp3) is 0.743. The fourth-order valence-corrected chi connectivity index (χ4v) is 5.38. The Morgan fingerprint density at radius 3 is 1.60 bits per heavy atom. The molecule has 0 aliphatic rings. The molecule has 1 amide bonds. The van der Waals surface area contributed by atoms with Crippen LogP contribution in [0.15, 0.2) is 48.6 Å². The van der Waals surface area contributed by atoms with Gasteiger partial charge in [0, 0.05) is 0 Å². The van der Waals surface area contributed by atoms with Crippen LogP contribution in [0.2, 0.25) is 0 Å². The summed E-state index contributed by atoms with van der Waals surface area (Å²) in [5.74, 6) is -1.58. The molecule has 0 saturated heterocycles. The molecular weight excluding hydrogens is 562 g/mol. The molecule has 0 rings (SSSR count). The first-order valence-electron chi connectivity index (χ1n) is 16.9. The summed E-state index contributed by atoms with van der Waals surface area (Å²) < 4.78 is 32.3. The second-order valence-electron chi connectivity index (χ2n) is 11.6. The maximum atomic E-state index is 12.5. The highest BCUT2D eigenvalue weighted by atomic mass is 32.2. The Hall–Kier alpha value is -1.74. The molecule has 0 saturated carbocycles. The second-order valence-corrected chi connectivity index (χ2v) is 13.1. The summed E-state index contributed by atoms with van der Waals surface area (Å²) in [5.41, 5.74) is 0. The van der Waals surface area contributed by atoms with Gasteiger partial charge in [-0.2, -0.15) is 8.42 Å². The summed E-state index contributed by atoms with van der Waals surface area (Å²) in [6, 6.07) is -1.26. The number of amides is 1. The highest BCUT2D eigenvalue weighted by molar-refractivity contribution is 7.85. The van der Waals surface area contributed by atoms with Crippen LogP contribution in [0.1, 0.15) is 142 Å². The van der Waals surface area contributed by atoms with Crippen molar-refractivity contribution in [1.82, 2.24) is 5.32 Å². The third-order valence-corrected chi connectivity index (χ3v) is 8.09. The van der Waals surface area contributed by atoms with E-state index < -0.39 is 40.0 Å². The zero-order valence-corrected chi connectivity index (χ0v) is 28.0. The van der Waals surface area contributed by atoms with Crippen molar-refractivity contribution in [2.45, 2.75) is 161 Å². The molecule has 0 fully saturated rings. The average molecular weight is 626 g/mol. The maximum Gasteiger partial charge on any atom is 0.267 e. The molecule has 0 aromatic rings. The molecule has 0 aromatic heterocycles. The molecule has 0 heterocycles. The van der Waals surface area contributed by atoms with Gasteiger partial charge in [-0.15, -0.1) is 0 Å². The molecule has 8 heteroatoms. The van der Waals surface area contributed by atoms with Gasteiger partial charge in [0.15, 0.2) is 0 Å². The van der Waals surface area contributed by atoms with E-state index in [4.69, 9.17) is 0 Å². The van der Waals surface area contributed by atoms with Crippen molar-refractivity contribution in [1.29, 1.82) is 0 Å². The molecule has 0 aromatic carbocycles. The number of hydrogen-bond donors (Lipinski definition) is 4. The van der Waals surface area contributed by atoms with Crippen LogP contribution in [0, 0.1) is 0 Å². The van der Waals surface area contributed by atoms with Crippen LogP contribution in [0.4, 0.5) is 0 Å². The van der Waals surface area contributed by atoms with Gasteiger partial charge < -0.3 is 15.5 Å². The molecule has 250 valence electrons. The zero-order valence-electron chi connectivity index (χ0n) is 27.2. The van der Waals surface area contributed by atoms with Gasteiger partial charge in [0.2, 0.25) is 5.91 Å². The number of aliphatic hydroxyl groups is 2. The topological polar surface area (TPSA) is 124 Å². The molecule has 3 unspecified atom stereocenters. The van der Waals surface area contributed by atoms with E-state index in [0.29, 0.717) is 12.8 Å². The SMILES string of the molecule is CCCC/C=C/CC/C=C/CC/C=C/C(O)C(CS(=O)(=O)O)NC(=O)C(O)CCCCCCCC/C=C\CCCCCC. The fourth-order valence-electron chi connectivity index (χ4n) is 4.64. The lowest BCUT2D eigenvalue weighted by Crippen LogP contribution is -2.50. The minimum atomic E-state index is -4.45. The van der Waals surface area contributed by atoms with Gasteiger partial charge in [-0.3, -0.25) is 9.35 Å². The van der Waals surface area contributed by atoms with Crippen LogP contribution in [-0.4, -0.2) is 53.1 Å². The molecule has 43 heavy (non-hydrogen) atoms. The Morgan fingerprint density at radius 2 is 1.07 bits per heavy atom. The van der Waals surface area contributed by atoms with Gasteiger partial charge in [-0.1, -0.05) is 127 Å². The van der Waals surface area contributed by atoms with E-state index in [1.54, 1.807) is 6.08 Å². The van der Waals surface area contributed by atoms with E-state index in [2.05, 4.69) is 55.6 Å². The summed E-state index contributed by atoms with van der Waals surface area (Å²) in [6.07, 6.45) is 34.5. The van der Waals surface area contributed by atoms with Crippen LogP contribution in [0.3, 0.4) is 0 Å². The van der Waals surface area contributed by atoms with E-state index in [1.807, 2.05) is 0 Å². The van der Waals surface area contributed by atoms with Crippen LogP contribution in [-0.2, 0) is 14.9 Å². The zero-order chi connectivity index (χ0) is 32.0. The Morgan fingerprint density at radius 1 is 0.628 bits per heavy atom. The van der Waals surface area contributed by atoms with Crippen molar-refractivity contribution in [2.24, 2.45) is 0 Å². The van der Waals surface area contributed by atoms with E-state index in [0.717, 1.165) is 51.4 Å². The Bertz CT molecular complexity index is 881. The number of allylic oxidation sites excluding steroid dienone is 7. The summed E-state index contributed by atoms with van der Waals surface area (Å²) in [5, 5.41) is 23.2. The smallest absolute Gasteiger partial charge is 0.267 e. The van der Waals surface area contributed by atoms with Gasteiger partial charge in [0.1, 0.15) is 6.10 Å². The van der Waals surface area contributed by atoms with Crippen LogP contribution >= 0.6 is 0 Å². The summed E-state index contributed by atoms with van der Waals surface area (Å²) in [4.78, 5) is 12.5. The minimum absolute atomic E-state index is 0.262. The molecule has 0 aliphatic carbocycles. The lowest BCUT2D eigenvalue weighted by Gasteiger charge is -2.22. The summed E-state index contributed by atoms with van der Waals surface area (Å²) in [7, 11) is -4.45. The molecule has 0 bridgehead atoms. The molecule has 7 nitrogen and oxygen atoms in total. The third-order valence-electron chi connectivity index (χ3n) is 7.31. The first-order valence-corrected chi connectivity index (χ1v) is 18.6. The van der Waals surface area contributed by atoms with Crippen molar-refractivity contribution < 1.29 is 28.0 Å². The largest absolute Gasteiger partial charge is 0.387 e. The number of nitrogens with one attached hydrogen (secondary N) is 1. The number of aliphatic hydroxyl groups excluding tert-OH is 2. The Balaban J connectivity index is 4.26. The van der Waals surface area contributed by atoms with Crippen molar-refractivity contribution in [3.63, 3.8) is 0 Å². The van der Waals surface area contributed by atoms with E-state index in [1.165, 1.54) is 63.9 Å². The first-order chi connectivity index (χ1) is 20.7. The van der Waals surface area contributed by atoms with Crippen LogP contribution in [0.25, 0.3) is 0 Å². The van der Waals surface area contributed by atoms with Crippen molar-refractivity contribution >= 4 is 16.0 Å². The summed E-state index contributed by atoms with van der Waals surface area (Å²) >= 11 is 0. The number of rotatable bonds is 29. The maximum absolute atomic E-state index is 12.5. The van der Waals surface area contributed by atoms with Gasteiger partial charge in [-0.05, 0) is 64.2 Å². The number of carbonyl (C=O) groups is 1. The van der Waals surface area contributed by atoms with Gasteiger partial charge in [0.25, 0.3) is 10.1 Å². The lowest BCUT2D eigenvalue weighted by molar-refractivity contribution is -0.130. The minimum Gasteiger partial charge on any atom is -0.387 e. The molecule has 0 radical (unpaired) electrons. The lowest BCUT2D eigenvalue weighted by atomic mass is 10.0. The third kappa shape index (κ3) is 28.8. The molecule has 4 N–H and O–H groups in total. The molecule has 0 spiro atoms. The predicted molar refractivity (Wildman–Crippen MR) is 181 cm³/mol. The molecule has 3 atom stereocenters. The van der Waals surface area contributed by atoms with Crippen LogP contribution < -0.4 is 5.32 Å². The summed E-state index contributed by atoms with van der Waals surface area (Å²) in [6.45, 7) is 4.41. The van der Waals surface area contributed by atoms with Crippen molar-refractivity contribution in [2.75, 3.05) is 5.75 Å². The molecular formula is C35H63NO6S. The van der Waals surface area contributed by atoms with E-state index >= 15 is 0 Å². The Kier molecular flexibility index (Phi) is 27.8. The first kappa shape index (κ1) is 41.3. The van der Waals surface area contributed by atoms with Gasteiger partial charge >= 0.3 is 0 Å². The van der Waals surface area contributed by atoms with Crippen molar-refractivity contribution in [3.05, 3.63) is 48.6 Å². The average Bonchev–Trinajstić information content (AvgIpc) is 2.96. The Labute approximate surface area is 263 Å². The number of unbranched alkanes of at least 4 members (excludes halogenated alkanes) is 14. The molecule has 0 aliphatic heterocycles. The van der Waals surface area contributed by atoms with E-state index in [9.17, 15) is 28.0 Å². The van der Waals surface area contributed by atoms with Crippen LogP contribution in [0.5, 0.6) is 0 Å². The highest BCUT2D eigenvalue weighted by Crippen LogP contribution is 2.12. The second kappa shape index (κ2) is 29.0. The standard InChI is InChI=1S/C35H63NO6S/c1-3-5-7-9-11-13-15-17-18-20-22-24-26-28-30-34(38)35(39)36-32(31-43(40,41)42)33(37)29-27-25-23-21-19-16-14-12-10-8-6-4-2/h10,12-13,15,19,21,27,29,32-34,37-38H,3-9,11,14,16-18,20,22-26,28,30-31H2,1-2H3,(H,36,39)(H,40,41,42)/b12-10+,15-13-,21-19+,29-27+. The van der Waals surface area contributed by atoms with Gasteiger partial charge in [0.05, 0.1) is 17.9 Å². The predicted octanol–water partition coefficient (Wildman–Crippen LogP) is 8.15. The van der Waals surface area contributed by atoms with Gasteiger partial charge in [-0.25, -0.2) is 0 Å². The highest BCUT2D eigenvalue weighted by Gasteiger charge is 2.27. The monoisotopic (exact) mass is 625 g/mol.